The third-order valence-electron chi connectivity index (χ3n) is 4.16. The van der Waals surface area contributed by atoms with Crippen molar-refractivity contribution >= 4 is 5.91 Å². The molecule has 0 aromatic heterocycles. The van der Waals surface area contributed by atoms with Crippen LogP contribution in [-0.4, -0.2) is 31.5 Å². The van der Waals surface area contributed by atoms with Crippen LogP contribution in [0.25, 0.3) is 0 Å². The Morgan fingerprint density at radius 2 is 2.22 bits per heavy atom. The van der Waals surface area contributed by atoms with E-state index in [2.05, 4.69) is 17.6 Å². The highest BCUT2D eigenvalue weighted by molar-refractivity contribution is 5.78. The first-order valence-corrected chi connectivity index (χ1v) is 6.77. The van der Waals surface area contributed by atoms with Crippen molar-refractivity contribution in [2.45, 2.75) is 45.0 Å². The molecule has 1 saturated heterocycles. The topological polar surface area (TPSA) is 41.1 Å². The molecule has 0 radical (unpaired) electrons. The quantitative estimate of drug-likeness (QED) is 0.814. The summed E-state index contributed by atoms with van der Waals surface area (Å²) in [5, 5.41) is 6.12. The summed E-state index contributed by atoms with van der Waals surface area (Å²) in [5.74, 6) is -3.35. The lowest BCUT2D eigenvalue weighted by atomic mass is 9.85. The predicted molar refractivity (Wildman–Crippen MR) is 65.5 cm³/mol. The van der Waals surface area contributed by atoms with E-state index in [-0.39, 0.29) is 24.2 Å². The van der Waals surface area contributed by atoms with Gasteiger partial charge in [0, 0.05) is 31.8 Å². The molecule has 1 saturated carbocycles. The van der Waals surface area contributed by atoms with Gasteiger partial charge < -0.3 is 10.6 Å². The summed E-state index contributed by atoms with van der Waals surface area (Å²) in [6.07, 6.45) is 1.71. The Balaban J connectivity index is 1.81. The maximum absolute atomic E-state index is 13.2. The van der Waals surface area contributed by atoms with Gasteiger partial charge in [-0.25, -0.2) is 8.78 Å². The van der Waals surface area contributed by atoms with Gasteiger partial charge in [0.05, 0.1) is 0 Å². The summed E-state index contributed by atoms with van der Waals surface area (Å²) in [6, 6.07) is 0. The van der Waals surface area contributed by atoms with Gasteiger partial charge in [-0.3, -0.25) is 4.79 Å². The standard InChI is InChI=1S/C13H22F2N2O/c1-12(5-6-16-8-12)9-17-11(18)10-3-2-4-13(14,15)7-10/h10,16H,2-9H2,1H3,(H,17,18). The largest absolute Gasteiger partial charge is 0.355 e. The molecule has 0 aromatic carbocycles. The summed E-state index contributed by atoms with van der Waals surface area (Å²) in [6.45, 7) is 4.55. The van der Waals surface area contributed by atoms with Gasteiger partial charge in [0.15, 0.2) is 0 Å². The third kappa shape index (κ3) is 3.40. The first kappa shape index (κ1) is 13.7. The van der Waals surface area contributed by atoms with Gasteiger partial charge in [-0.1, -0.05) is 6.92 Å². The number of carbonyl (C=O) groups is 1. The highest BCUT2D eigenvalue weighted by Gasteiger charge is 2.39. The predicted octanol–water partition coefficient (Wildman–Crippen LogP) is 1.93. The molecule has 2 rings (SSSR count). The SMILES string of the molecule is CC1(CNC(=O)C2CCCC(F)(F)C2)CCNC1. The average molecular weight is 260 g/mol. The monoisotopic (exact) mass is 260 g/mol. The van der Waals surface area contributed by atoms with E-state index < -0.39 is 11.8 Å². The fourth-order valence-electron chi connectivity index (χ4n) is 2.86. The van der Waals surface area contributed by atoms with Gasteiger partial charge in [0.25, 0.3) is 0 Å². The van der Waals surface area contributed by atoms with Gasteiger partial charge >= 0.3 is 0 Å². The van der Waals surface area contributed by atoms with Crippen molar-refractivity contribution in [3.63, 3.8) is 0 Å². The third-order valence-corrected chi connectivity index (χ3v) is 4.16. The summed E-state index contributed by atoms with van der Waals surface area (Å²) in [4.78, 5) is 11.9. The molecule has 2 fully saturated rings. The average Bonchev–Trinajstić information content (AvgIpc) is 2.72. The minimum atomic E-state index is -2.65. The summed E-state index contributed by atoms with van der Waals surface area (Å²) in [5.41, 5.74) is 0.0762. The van der Waals surface area contributed by atoms with Crippen LogP contribution in [0.4, 0.5) is 8.78 Å². The number of amides is 1. The highest BCUT2D eigenvalue weighted by Crippen LogP contribution is 2.36. The van der Waals surface area contributed by atoms with E-state index in [4.69, 9.17) is 0 Å². The lowest BCUT2D eigenvalue weighted by Crippen LogP contribution is -2.42. The fraction of sp³-hybridized carbons (Fsp3) is 0.923. The Kier molecular flexibility index (Phi) is 3.90. The van der Waals surface area contributed by atoms with Crippen LogP contribution in [-0.2, 0) is 4.79 Å². The smallest absolute Gasteiger partial charge is 0.248 e. The normalized spacial score (nSPS) is 35.4. The van der Waals surface area contributed by atoms with Crippen molar-refractivity contribution < 1.29 is 13.6 Å². The molecule has 3 nitrogen and oxygen atoms in total. The molecule has 2 unspecified atom stereocenters. The van der Waals surface area contributed by atoms with Crippen molar-refractivity contribution in [1.82, 2.24) is 10.6 Å². The molecule has 1 aliphatic carbocycles. The fourth-order valence-corrected chi connectivity index (χ4v) is 2.86. The Morgan fingerprint density at radius 1 is 1.44 bits per heavy atom. The molecule has 0 spiro atoms. The molecule has 0 bridgehead atoms. The molecule has 1 aliphatic heterocycles. The number of hydrogen-bond donors (Lipinski definition) is 2. The van der Waals surface area contributed by atoms with Crippen LogP contribution >= 0.6 is 0 Å². The molecule has 104 valence electrons. The molecule has 1 heterocycles. The molecule has 5 heteroatoms. The van der Waals surface area contributed by atoms with Crippen LogP contribution < -0.4 is 10.6 Å². The minimum absolute atomic E-state index is 0.0710. The number of nitrogens with one attached hydrogen (secondary N) is 2. The van der Waals surface area contributed by atoms with Crippen LogP contribution in [0.2, 0.25) is 0 Å². The number of halogens is 2. The molecule has 18 heavy (non-hydrogen) atoms. The first-order valence-electron chi connectivity index (χ1n) is 6.77. The molecule has 2 N–H and O–H groups in total. The van der Waals surface area contributed by atoms with Crippen LogP contribution in [0.1, 0.15) is 39.0 Å². The number of carbonyl (C=O) groups excluding carboxylic acids is 1. The number of rotatable bonds is 3. The summed E-state index contributed by atoms with van der Waals surface area (Å²) in [7, 11) is 0. The molecule has 1 amide bonds. The Morgan fingerprint density at radius 3 is 2.83 bits per heavy atom. The second-order valence-corrected chi connectivity index (χ2v) is 6.10. The summed E-state index contributed by atoms with van der Waals surface area (Å²) >= 11 is 0. The van der Waals surface area contributed by atoms with E-state index >= 15 is 0 Å². The maximum Gasteiger partial charge on any atom is 0.248 e. The van der Waals surface area contributed by atoms with Crippen molar-refractivity contribution in [2.24, 2.45) is 11.3 Å². The van der Waals surface area contributed by atoms with Gasteiger partial charge in [0.1, 0.15) is 0 Å². The van der Waals surface area contributed by atoms with Crippen LogP contribution in [0.5, 0.6) is 0 Å². The Bertz CT molecular complexity index is 314. The van der Waals surface area contributed by atoms with E-state index in [1.807, 2.05) is 0 Å². The second kappa shape index (κ2) is 5.11. The van der Waals surface area contributed by atoms with E-state index in [0.29, 0.717) is 19.4 Å². The van der Waals surface area contributed by atoms with Crippen molar-refractivity contribution in [3.05, 3.63) is 0 Å². The van der Waals surface area contributed by atoms with Crippen LogP contribution in [0.3, 0.4) is 0 Å². The second-order valence-electron chi connectivity index (χ2n) is 6.10. The first-order chi connectivity index (χ1) is 8.40. The lowest BCUT2D eigenvalue weighted by Gasteiger charge is -2.29. The van der Waals surface area contributed by atoms with Crippen molar-refractivity contribution in [3.8, 4) is 0 Å². The zero-order valence-electron chi connectivity index (χ0n) is 10.9. The molecule has 2 aliphatic rings. The van der Waals surface area contributed by atoms with E-state index in [0.717, 1.165) is 19.5 Å². The Labute approximate surface area is 107 Å². The highest BCUT2D eigenvalue weighted by atomic mass is 19.3. The van der Waals surface area contributed by atoms with Crippen LogP contribution in [0, 0.1) is 11.3 Å². The van der Waals surface area contributed by atoms with Gasteiger partial charge in [-0.05, 0) is 31.2 Å². The number of hydrogen-bond acceptors (Lipinski definition) is 2. The van der Waals surface area contributed by atoms with E-state index in [1.165, 1.54) is 0 Å². The van der Waals surface area contributed by atoms with Gasteiger partial charge in [0.2, 0.25) is 11.8 Å². The molecular weight excluding hydrogens is 238 g/mol. The van der Waals surface area contributed by atoms with Gasteiger partial charge in [-0.2, -0.15) is 0 Å². The lowest BCUT2D eigenvalue weighted by molar-refractivity contribution is -0.132. The maximum atomic E-state index is 13.2. The van der Waals surface area contributed by atoms with Crippen LogP contribution in [0.15, 0.2) is 0 Å². The molecular formula is C13H22F2N2O. The zero-order chi connectivity index (χ0) is 13.2. The Hall–Kier alpha value is -0.710. The zero-order valence-corrected chi connectivity index (χ0v) is 10.9. The van der Waals surface area contributed by atoms with Crippen molar-refractivity contribution in [1.29, 1.82) is 0 Å². The number of alkyl halides is 2. The van der Waals surface area contributed by atoms with E-state index in [1.54, 1.807) is 0 Å². The minimum Gasteiger partial charge on any atom is -0.355 e. The van der Waals surface area contributed by atoms with Gasteiger partial charge in [-0.15, -0.1) is 0 Å². The summed E-state index contributed by atoms with van der Waals surface area (Å²) < 4.78 is 26.5. The van der Waals surface area contributed by atoms with Crippen molar-refractivity contribution in [2.75, 3.05) is 19.6 Å². The van der Waals surface area contributed by atoms with E-state index in [9.17, 15) is 13.6 Å². The molecule has 0 aromatic rings. The molecule has 2 atom stereocenters.